The number of nitrogens with zero attached hydrogens (tertiary/aromatic N) is 1. The molecule has 0 radical (unpaired) electrons. The van der Waals surface area contributed by atoms with Gasteiger partial charge in [-0.15, -0.1) is 0 Å². The Bertz CT molecular complexity index is 964. The van der Waals surface area contributed by atoms with Crippen molar-refractivity contribution in [3.8, 4) is 0 Å². The summed E-state index contributed by atoms with van der Waals surface area (Å²) in [6.45, 7) is 5.75. The Balaban J connectivity index is 2.65. The topological polar surface area (TPSA) is 81.5 Å². The number of hydrogen-bond acceptors (Lipinski definition) is 1. The third-order valence-corrected chi connectivity index (χ3v) is 4.03. The van der Waals surface area contributed by atoms with Crippen LogP contribution in [0.3, 0.4) is 0 Å². The lowest BCUT2D eigenvalue weighted by molar-refractivity contribution is 0.100. The van der Waals surface area contributed by atoms with E-state index >= 15 is 0 Å². The van der Waals surface area contributed by atoms with Crippen molar-refractivity contribution in [1.82, 2.24) is 0 Å². The second-order valence-electron chi connectivity index (χ2n) is 5.67. The van der Waals surface area contributed by atoms with Crippen molar-refractivity contribution in [2.24, 2.45) is 16.5 Å². The summed E-state index contributed by atoms with van der Waals surface area (Å²) in [4.78, 5) is 15.6. The molecule has 0 atom stereocenters. The second-order valence-corrected chi connectivity index (χ2v) is 6.07. The maximum Gasteiger partial charge on any atom is 0.280 e. The first-order chi connectivity index (χ1) is 12.7. The maximum atomic E-state index is 14.6. The highest BCUT2D eigenvalue weighted by molar-refractivity contribution is 6.32. The van der Waals surface area contributed by atoms with Gasteiger partial charge in [-0.3, -0.25) is 4.79 Å². The van der Waals surface area contributed by atoms with E-state index in [2.05, 4.69) is 11.6 Å². The summed E-state index contributed by atoms with van der Waals surface area (Å²) in [6.07, 6.45) is 1.87. The molecular formula is C20H18ClF2N3O. The number of guanidine groups is 1. The van der Waals surface area contributed by atoms with Crippen LogP contribution in [0.1, 0.15) is 40.4 Å². The van der Waals surface area contributed by atoms with Gasteiger partial charge in [-0.2, -0.15) is 4.99 Å². The zero-order valence-corrected chi connectivity index (χ0v) is 15.4. The SMILES string of the molecule is C=C(c1ccc(F)cc1Cl)c1cc(C(=O)N=C(N)N)ccc1/C(F)=C\CC. The Morgan fingerprint density at radius 1 is 1.19 bits per heavy atom. The number of benzene rings is 2. The standard InChI is InChI=1S/C20H18ClF2N3O/c1-3-4-18(23)15-7-5-12(19(27)26-20(24)25)9-16(15)11(2)14-8-6-13(22)10-17(14)21/h4-10H,2-3H2,1H3,(H4,24,25,26,27)/b18-4+. The van der Waals surface area contributed by atoms with Crippen molar-refractivity contribution in [3.05, 3.63) is 82.1 Å². The Labute approximate surface area is 160 Å². The van der Waals surface area contributed by atoms with Crippen molar-refractivity contribution in [1.29, 1.82) is 0 Å². The van der Waals surface area contributed by atoms with Crippen molar-refractivity contribution in [2.75, 3.05) is 0 Å². The largest absolute Gasteiger partial charge is 0.370 e. The highest BCUT2D eigenvalue weighted by Crippen LogP contribution is 2.34. The van der Waals surface area contributed by atoms with E-state index in [-0.39, 0.29) is 22.1 Å². The van der Waals surface area contributed by atoms with Crippen molar-refractivity contribution in [3.63, 3.8) is 0 Å². The fourth-order valence-electron chi connectivity index (χ4n) is 2.49. The lowest BCUT2D eigenvalue weighted by atomic mass is 9.92. The summed E-state index contributed by atoms with van der Waals surface area (Å²) < 4.78 is 27.9. The molecule has 0 aromatic heterocycles. The van der Waals surface area contributed by atoms with E-state index in [0.29, 0.717) is 23.1 Å². The molecule has 0 heterocycles. The van der Waals surface area contributed by atoms with Crippen LogP contribution in [0.25, 0.3) is 11.4 Å². The minimum atomic E-state index is -0.680. The van der Waals surface area contributed by atoms with E-state index in [1.807, 2.05) is 0 Å². The van der Waals surface area contributed by atoms with Gasteiger partial charge in [-0.05, 0) is 54.0 Å². The molecule has 0 aliphatic heterocycles. The molecule has 0 aliphatic carbocycles. The predicted octanol–water partition coefficient (Wildman–Crippen LogP) is 4.67. The van der Waals surface area contributed by atoms with Crippen molar-refractivity contribution in [2.45, 2.75) is 13.3 Å². The molecule has 0 aliphatic rings. The molecule has 0 saturated heterocycles. The highest BCUT2D eigenvalue weighted by atomic mass is 35.5. The van der Waals surface area contributed by atoms with Gasteiger partial charge in [-0.1, -0.05) is 31.2 Å². The van der Waals surface area contributed by atoms with Crippen LogP contribution in [0, 0.1) is 5.82 Å². The number of allylic oxidation sites excluding steroid dienone is 1. The summed E-state index contributed by atoms with van der Waals surface area (Å²) in [5, 5.41) is 0.117. The molecule has 7 heteroatoms. The van der Waals surface area contributed by atoms with Crippen molar-refractivity contribution >= 4 is 34.9 Å². The number of carbonyl (C=O) groups excluding carboxylic acids is 1. The lowest BCUT2D eigenvalue weighted by Crippen LogP contribution is -2.24. The van der Waals surface area contributed by atoms with Crippen LogP contribution in [0.5, 0.6) is 0 Å². The van der Waals surface area contributed by atoms with Gasteiger partial charge in [0.05, 0.1) is 5.02 Å². The minimum absolute atomic E-state index is 0.117. The van der Waals surface area contributed by atoms with E-state index in [1.54, 1.807) is 6.92 Å². The summed E-state index contributed by atoms with van der Waals surface area (Å²) >= 11 is 6.11. The number of hydrogen-bond donors (Lipinski definition) is 2. The summed E-state index contributed by atoms with van der Waals surface area (Å²) in [5.41, 5.74) is 11.9. The van der Waals surface area contributed by atoms with Crippen molar-refractivity contribution < 1.29 is 13.6 Å². The molecule has 1 amide bonds. The number of rotatable bonds is 5. The van der Waals surface area contributed by atoms with Gasteiger partial charge in [0, 0.05) is 16.7 Å². The average Bonchev–Trinajstić information content (AvgIpc) is 2.60. The molecule has 2 aromatic carbocycles. The molecule has 0 fully saturated rings. The van der Waals surface area contributed by atoms with Crippen LogP contribution in [-0.2, 0) is 0 Å². The first-order valence-electron chi connectivity index (χ1n) is 8.03. The molecule has 2 aromatic rings. The van der Waals surface area contributed by atoms with Crippen LogP contribution >= 0.6 is 11.6 Å². The maximum absolute atomic E-state index is 14.6. The van der Waals surface area contributed by atoms with Gasteiger partial charge in [0.15, 0.2) is 5.96 Å². The highest BCUT2D eigenvalue weighted by Gasteiger charge is 2.17. The number of halogens is 3. The van der Waals surface area contributed by atoms with E-state index in [9.17, 15) is 13.6 Å². The van der Waals surface area contributed by atoms with Gasteiger partial charge >= 0.3 is 0 Å². The monoisotopic (exact) mass is 389 g/mol. The minimum Gasteiger partial charge on any atom is -0.370 e. The molecule has 27 heavy (non-hydrogen) atoms. The zero-order chi connectivity index (χ0) is 20.1. The molecule has 0 saturated carbocycles. The number of amides is 1. The molecule has 2 rings (SSSR count). The smallest absolute Gasteiger partial charge is 0.280 e. The molecule has 0 unspecified atom stereocenters. The summed E-state index contributed by atoms with van der Waals surface area (Å²) in [6, 6.07) is 8.07. The number of aliphatic imine (C=N–C) groups is 1. The average molecular weight is 390 g/mol. The molecule has 4 nitrogen and oxygen atoms in total. The van der Waals surface area contributed by atoms with Crippen LogP contribution in [-0.4, -0.2) is 11.9 Å². The Morgan fingerprint density at radius 2 is 1.85 bits per heavy atom. The van der Waals surface area contributed by atoms with Gasteiger partial charge in [-0.25, -0.2) is 8.78 Å². The van der Waals surface area contributed by atoms with Gasteiger partial charge in [0.1, 0.15) is 11.6 Å². The first-order valence-corrected chi connectivity index (χ1v) is 8.41. The molecular weight excluding hydrogens is 372 g/mol. The fourth-order valence-corrected chi connectivity index (χ4v) is 2.77. The fraction of sp³-hybridized carbons (Fsp3) is 0.100. The van der Waals surface area contributed by atoms with Crippen LogP contribution in [0.4, 0.5) is 8.78 Å². The molecule has 4 N–H and O–H groups in total. The third kappa shape index (κ3) is 4.80. The predicted molar refractivity (Wildman–Crippen MR) is 106 cm³/mol. The Morgan fingerprint density at radius 3 is 2.44 bits per heavy atom. The molecule has 0 spiro atoms. The Kier molecular flexibility index (Phi) is 6.47. The first kappa shape index (κ1) is 20.3. The van der Waals surface area contributed by atoms with Gasteiger partial charge in [0.2, 0.25) is 0 Å². The zero-order valence-electron chi connectivity index (χ0n) is 14.6. The third-order valence-electron chi connectivity index (χ3n) is 3.72. The van der Waals surface area contributed by atoms with Gasteiger partial charge in [0.25, 0.3) is 5.91 Å². The van der Waals surface area contributed by atoms with E-state index < -0.39 is 17.6 Å². The van der Waals surface area contributed by atoms with Crippen LogP contribution < -0.4 is 11.5 Å². The van der Waals surface area contributed by atoms with E-state index in [0.717, 1.165) is 6.07 Å². The number of carbonyl (C=O) groups is 1. The van der Waals surface area contributed by atoms with Crippen LogP contribution in [0.15, 0.2) is 54.0 Å². The van der Waals surface area contributed by atoms with E-state index in [4.69, 9.17) is 23.1 Å². The normalized spacial score (nSPS) is 11.2. The quantitative estimate of drug-likeness (QED) is 0.575. The second kappa shape index (κ2) is 8.60. The molecule has 0 bridgehead atoms. The van der Waals surface area contributed by atoms with Crippen LogP contribution in [0.2, 0.25) is 5.02 Å². The molecule has 140 valence electrons. The summed E-state index contributed by atoms with van der Waals surface area (Å²) in [5.74, 6) is -2.05. The Hall–Kier alpha value is -2.99. The lowest BCUT2D eigenvalue weighted by Gasteiger charge is -2.14. The van der Waals surface area contributed by atoms with Gasteiger partial charge < -0.3 is 11.5 Å². The summed E-state index contributed by atoms with van der Waals surface area (Å²) in [7, 11) is 0. The number of nitrogens with two attached hydrogens (primary N) is 2. The van der Waals surface area contributed by atoms with E-state index in [1.165, 1.54) is 36.4 Å².